The zero-order chi connectivity index (χ0) is 6.95. The van der Waals surface area contributed by atoms with Gasteiger partial charge in [-0.2, -0.15) is 0 Å². The van der Waals surface area contributed by atoms with E-state index >= 15 is 0 Å². The second kappa shape index (κ2) is 12.9. The molecule has 0 aromatic carbocycles. The molecule has 0 N–H and O–H groups in total. The Bertz CT molecular complexity index is 42.5. The molecular weight excluding hydrogens is 250 g/mol. The lowest BCUT2D eigenvalue weighted by atomic mass is 10.4. The molecular formula is C8H19AlI. The van der Waals surface area contributed by atoms with Crippen LogP contribution in [0.2, 0.25) is 10.6 Å². The van der Waals surface area contributed by atoms with Gasteiger partial charge in [-0.3, -0.25) is 0 Å². The van der Waals surface area contributed by atoms with Gasteiger partial charge in [-0.05, 0) is 0 Å². The van der Waals surface area contributed by atoms with Gasteiger partial charge in [0.05, 0.1) is 0 Å². The first-order chi connectivity index (χ1) is 4.41. The number of unbranched alkanes of at least 4 members (excludes halogenated alkanes) is 2. The molecule has 0 aliphatic carbocycles. The van der Waals surface area contributed by atoms with Crippen molar-refractivity contribution in [2.75, 3.05) is 0 Å². The molecule has 1 radical (unpaired) electrons. The number of rotatable bonds is 6. The van der Waals surface area contributed by atoms with E-state index in [1.54, 1.807) is 0 Å². The van der Waals surface area contributed by atoms with E-state index in [4.69, 9.17) is 0 Å². The third kappa shape index (κ3) is 12.0. The van der Waals surface area contributed by atoms with E-state index in [9.17, 15) is 0 Å². The standard InChI is InChI=1S/2C4H9.Al.HI/c2*1-3-4-2;;/h2*1,3-4H2,2H3;;1H. The van der Waals surface area contributed by atoms with Gasteiger partial charge in [-0.1, -0.05) is 39.5 Å². The van der Waals surface area contributed by atoms with Gasteiger partial charge in [0.25, 0.3) is 0 Å². The van der Waals surface area contributed by atoms with Crippen LogP contribution in [0.15, 0.2) is 0 Å². The number of hydrogen-bond donors (Lipinski definition) is 0. The van der Waals surface area contributed by atoms with Crippen molar-refractivity contribution in [3.05, 3.63) is 0 Å². The van der Waals surface area contributed by atoms with Crippen LogP contribution in [0.4, 0.5) is 0 Å². The summed E-state index contributed by atoms with van der Waals surface area (Å²) in [4.78, 5) is 0. The minimum atomic E-state index is 0. The zero-order valence-electron chi connectivity index (χ0n) is 7.23. The van der Waals surface area contributed by atoms with E-state index in [1.807, 2.05) is 0 Å². The summed E-state index contributed by atoms with van der Waals surface area (Å²) in [6.07, 6.45) is 5.72. The van der Waals surface area contributed by atoms with Gasteiger partial charge in [0.1, 0.15) is 0 Å². The highest BCUT2D eigenvalue weighted by Gasteiger charge is 1.89. The van der Waals surface area contributed by atoms with Crippen molar-refractivity contribution in [2.24, 2.45) is 0 Å². The van der Waals surface area contributed by atoms with Crippen molar-refractivity contribution in [1.29, 1.82) is 0 Å². The molecule has 10 heavy (non-hydrogen) atoms. The maximum Gasteiger partial charge on any atom is 0.199 e. The SMILES string of the molecule is CCC[CH2][Al][CH2]CCC.I. The summed E-state index contributed by atoms with van der Waals surface area (Å²) in [6.45, 7) is 4.55. The van der Waals surface area contributed by atoms with E-state index in [-0.39, 0.29) is 24.0 Å². The topological polar surface area (TPSA) is 0 Å². The summed E-state index contributed by atoms with van der Waals surface area (Å²) in [5, 5.41) is 3.08. The molecule has 0 heterocycles. The fraction of sp³-hybridized carbons (Fsp3) is 1.00. The van der Waals surface area contributed by atoms with Gasteiger partial charge in [-0.25, -0.2) is 0 Å². The van der Waals surface area contributed by atoms with Crippen molar-refractivity contribution in [1.82, 2.24) is 0 Å². The molecule has 0 rings (SSSR count). The highest BCUT2D eigenvalue weighted by Crippen LogP contribution is 1.99. The van der Waals surface area contributed by atoms with Crippen LogP contribution in [-0.4, -0.2) is 15.2 Å². The molecule has 0 aliphatic heterocycles. The van der Waals surface area contributed by atoms with Crippen LogP contribution >= 0.6 is 24.0 Å². The molecule has 0 saturated carbocycles. The van der Waals surface area contributed by atoms with Crippen molar-refractivity contribution >= 4 is 39.2 Å². The highest BCUT2D eigenvalue weighted by molar-refractivity contribution is 14.0. The molecule has 0 nitrogen and oxygen atoms in total. The Labute approximate surface area is 88.9 Å². The molecule has 0 aromatic heterocycles. The fourth-order valence-electron chi connectivity index (χ4n) is 0.841. The predicted octanol–water partition coefficient (Wildman–Crippen LogP) is 3.75. The van der Waals surface area contributed by atoms with Crippen molar-refractivity contribution in [3.8, 4) is 0 Å². The predicted molar refractivity (Wildman–Crippen MR) is 60.6 cm³/mol. The van der Waals surface area contributed by atoms with Gasteiger partial charge >= 0.3 is 0 Å². The monoisotopic (exact) mass is 269 g/mol. The van der Waals surface area contributed by atoms with E-state index in [1.165, 1.54) is 36.2 Å². The Morgan fingerprint density at radius 2 is 1.30 bits per heavy atom. The van der Waals surface area contributed by atoms with E-state index < -0.39 is 0 Å². The molecule has 0 bridgehead atoms. The number of halogens is 1. The summed E-state index contributed by atoms with van der Waals surface area (Å²) < 4.78 is 0. The number of hydrogen-bond acceptors (Lipinski definition) is 0. The average molecular weight is 269 g/mol. The van der Waals surface area contributed by atoms with Crippen LogP contribution in [0.1, 0.15) is 39.5 Å². The van der Waals surface area contributed by atoms with E-state index in [2.05, 4.69) is 13.8 Å². The molecule has 0 aromatic rings. The smallest absolute Gasteiger partial charge is 0.107 e. The molecule has 0 aliphatic rings. The lowest BCUT2D eigenvalue weighted by Crippen LogP contribution is -1.87. The maximum absolute atomic E-state index is 2.28. The highest BCUT2D eigenvalue weighted by atomic mass is 127. The van der Waals surface area contributed by atoms with Gasteiger partial charge in [0.2, 0.25) is 0 Å². The van der Waals surface area contributed by atoms with Crippen molar-refractivity contribution in [2.45, 2.75) is 50.1 Å². The Morgan fingerprint density at radius 3 is 1.60 bits per heavy atom. The molecule has 0 fully saturated rings. The third-order valence-electron chi connectivity index (χ3n) is 1.52. The van der Waals surface area contributed by atoms with Crippen molar-refractivity contribution < 1.29 is 0 Å². The molecule has 61 valence electrons. The molecule has 2 heteroatoms. The first-order valence-electron chi connectivity index (χ1n) is 4.23. The van der Waals surface area contributed by atoms with Gasteiger partial charge in [0, 0.05) is 0 Å². The molecule has 0 saturated heterocycles. The quantitative estimate of drug-likeness (QED) is 0.391. The van der Waals surface area contributed by atoms with Gasteiger partial charge in [-0.15, -0.1) is 34.5 Å². The normalized spacial score (nSPS) is 8.60. The van der Waals surface area contributed by atoms with Crippen LogP contribution in [0.3, 0.4) is 0 Å². The summed E-state index contributed by atoms with van der Waals surface area (Å²) in [6, 6.07) is 0. The Kier molecular flexibility index (Phi) is 17.8. The first kappa shape index (κ1) is 13.8. The minimum absolute atomic E-state index is 0. The van der Waals surface area contributed by atoms with Gasteiger partial charge in [0.15, 0.2) is 15.2 Å². The Morgan fingerprint density at radius 1 is 0.900 bits per heavy atom. The van der Waals surface area contributed by atoms with Crippen LogP contribution in [0.5, 0.6) is 0 Å². The minimum Gasteiger partial charge on any atom is -0.107 e. The van der Waals surface area contributed by atoms with Crippen LogP contribution in [-0.2, 0) is 0 Å². The van der Waals surface area contributed by atoms with Crippen LogP contribution < -0.4 is 0 Å². The molecule has 0 unspecified atom stereocenters. The summed E-state index contributed by atoms with van der Waals surface area (Å²) >= 11 is 0.818. The molecule has 0 spiro atoms. The maximum atomic E-state index is 2.28. The Hall–Kier alpha value is 1.26. The zero-order valence-corrected chi connectivity index (χ0v) is 10.7. The lowest BCUT2D eigenvalue weighted by molar-refractivity contribution is 0.851. The fourth-order valence-corrected chi connectivity index (χ4v) is 2.52. The lowest BCUT2D eigenvalue weighted by Gasteiger charge is -1.93. The first-order valence-corrected chi connectivity index (χ1v) is 5.86. The van der Waals surface area contributed by atoms with E-state index in [0.29, 0.717) is 0 Å². The van der Waals surface area contributed by atoms with Gasteiger partial charge < -0.3 is 0 Å². The molecule has 0 amide bonds. The summed E-state index contributed by atoms with van der Waals surface area (Å²) in [5.41, 5.74) is 0. The second-order valence-corrected chi connectivity index (χ2v) is 4.31. The summed E-state index contributed by atoms with van der Waals surface area (Å²) in [5.74, 6) is 0. The largest absolute Gasteiger partial charge is 0.199 e. The second-order valence-electron chi connectivity index (χ2n) is 2.57. The van der Waals surface area contributed by atoms with Crippen molar-refractivity contribution in [3.63, 3.8) is 0 Å². The third-order valence-corrected chi connectivity index (χ3v) is 3.16. The molecule has 0 atom stereocenters. The summed E-state index contributed by atoms with van der Waals surface area (Å²) in [7, 11) is 0. The van der Waals surface area contributed by atoms with Crippen LogP contribution in [0, 0.1) is 0 Å². The van der Waals surface area contributed by atoms with E-state index in [0.717, 1.165) is 15.2 Å². The van der Waals surface area contributed by atoms with Crippen LogP contribution in [0.25, 0.3) is 0 Å². The average Bonchev–Trinajstić information content (AvgIpc) is 1.89. The Balaban J connectivity index is 0.